The van der Waals surface area contributed by atoms with Crippen molar-refractivity contribution in [3.05, 3.63) is 77.8 Å². The molecule has 0 radical (unpaired) electrons. The first kappa shape index (κ1) is 19.6. The van der Waals surface area contributed by atoms with E-state index in [4.69, 9.17) is 9.05 Å². The van der Waals surface area contributed by atoms with Crippen LogP contribution in [0.2, 0.25) is 0 Å². The Labute approximate surface area is 174 Å². The molecule has 1 unspecified atom stereocenters. The smallest absolute Gasteiger partial charge is 0.274 e. The van der Waals surface area contributed by atoms with Crippen molar-refractivity contribution in [1.82, 2.24) is 20.6 Å². The second-order valence-electron chi connectivity index (χ2n) is 7.41. The molecule has 0 saturated carbocycles. The highest BCUT2D eigenvalue weighted by molar-refractivity contribution is 5.93. The zero-order valence-corrected chi connectivity index (χ0v) is 17.0. The molecule has 7 nitrogen and oxygen atoms in total. The minimum atomic E-state index is -0.457. The molecular formula is C23H22N4O3. The third kappa shape index (κ3) is 4.00. The molecule has 4 aromatic rings. The van der Waals surface area contributed by atoms with Crippen LogP contribution in [0.15, 0.2) is 69.7 Å². The summed E-state index contributed by atoms with van der Waals surface area (Å²) in [6, 6.07) is 18.5. The van der Waals surface area contributed by atoms with E-state index in [1.165, 1.54) is 0 Å². The van der Waals surface area contributed by atoms with Crippen molar-refractivity contribution in [2.75, 3.05) is 0 Å². The third-order valence-electron chi connectivity index (χ3n) is 4.85. The van der Waals surface area contributed by atoms with Crippen LogP contribution in [-0.4, -0.2) is 21.2 Å². The van der Waals surface area contributed by atoms with Gasteiger partial charge in [-0.2, -0.15) is 4.98 Å². The average Bonchev–Trinajstić information content (AvgIpc) is 3.43. The van der Waals surface area contributed by atoms with E-state index >= 15 is 0 Å². The maximum absolute atomic E-state index is 12.8. The molecule has 7 heteroatoms. The van der Waals surface area contributed by atoms with Crippen LogP contribution in [-0.2, 0) is 0 Å². The summed E-state index contributed by atoms with van der Waals surface area (Å²) in [5.41, 5.74) is 2.98. The molecule has 0 fully saturated rings. The number of aromatic nitrogens is 3. The average molecular weight is 402 g/mol. The summed E-state index contributed by atoms with van der Waals surface area (Å²) in [6.07, 6.45) is 0. The normalized spacial score (nSPS) is 12.1. The van der Waals surface area contributed by atoms with Crippen molar-refractivity contribution in [1.29, 1.82) is 0 Å². The Bertz CT molecular complexity index is 1150. The van der Waals surface area contributed by atoms with Crippen molar-refractivity contribution < 1.29 is 13.8 Å². The van der Waals surface area contributed by atoms with Gasteiger partial charge in [-0.05, 0) is 18.4 Å². The number of hydrogen-bond acceptors (Lipinski definition) is 6. The fraction of sp³-hybridized carbons (Fsp3) is 0.217. The quantitative estimate of drug-likeness (QED) is 0.497. The minimum absolute atomic E-state index is 0.0285. The molecule has 2 aromatic carbocycles. The van der Waals surface area contributed by atoms with Crippen molar-refractivity contribution in [3.8, 4) is 22.7 Å². The lowest BCUT2D eigenvalue weighted by atomic mass is 10.0. The molecule has 0 aliphatic rings. The Morgan fingerprint density at radius 2 is 1.70 bits per heavy atom. The molecule has 0 bridgehead atoms. The Kier molecular flexibility index (Phi) is 5.43. The first-order chi connectivity index (χ1) is 14.5. The fourth-order valence-corrected chi connectivity index (χ4v) is 3.15. The van der Waals surface area contributed by atoms with Crippen LogP contribution in [0, 0.1) is 12.8 Å². The fourth-order valence-electron chi connectivity index (χ4n) is 3.15. The number of nitrogens with zero attached hydrogens (tertiary/aromatic N) is 3. The van der Waals surface area contributed by atoms with Crippen molar-refractivity contribution >= 4 is 5.91 Å². The van der Waals surface area contributed by atoms with Gasteiger partial charge >= 0.3 is 0 Å². The van der Waals surface area contributed by atoms with Crippen molar-refractivity contribution in [2.45, 2.75) is 26.8 Å². The van der Waals surface area contributed by atoms with Gasteiger partial charge in [0.25, 0.3) is 5.91 Å². The monoisotopic (exact) mass is 402 g/mol. The first-order valence-corrected chi connectivity index (χ1v) is 9.75. The molecule has 0 spiro atoms. The van der Waals surface area contributed by atoms with E-state index in [2.05, 4.69) is 20.6 Å². The number of carbonyl (C=O) groups is 1. The summed E-state index contributed by atoms with van der Waals surface area (Å²) in [7, 11) is 0. The van der Waals surface area contributed by atoms with E-state index in [1.54, 1.807) is 6.07 Å². The molecule has 0 saturated heterocycles. The number of aryl methyl sites for hydroxylation is 1. The van der Waals surface area contributed by atoms with Gasteiger partial charge in [-0.25, -0.2) is 0 Å². The van der Waals surface area contributed by atoms with Crippen LogP contribution in [0.5, 0.6) is 0 Å². The summed E-state index contributed by atoms with van der Waals surface area (Å²) in [5.74, 6) is 1.04. The second-order valence-corrected chi connectivity index (χ2v) is 7.41. The maximum Gasteiger partial charge on any atom is 0.274 e. The number of benzene rings is 2. The Morgan fingerprint density at radius 3 is 2.43 bits per heavy atom. The molecule has 4 rings (SSSR count). The predicted molar refractivity (Wildman–Crippen MR) is 111 cm³/mol. The van der Waals surface area contributed by atoms with Gasteiger partial charge < -0.3 is 14.4 Å². The van der Waals surface area contributed by atoms with E-state index < -0.39 is 6.04 Å². The molecule has 30 heavy (non-hydrogen) atoms. The Balaban J connectivity index is 1.54. The van der Waals surface area contributed by atoms with E-state index in [0.717, 1.165) is 16.7 Å². The largest absolute Gasteiger partial charge is 0.355 e. The molecule has 1 atom stereocenters. The molecule has 0 aliphatic carbocycles. The number of amides is 1. The standard InChI is InChI=1S/C23H22N4O3/c1-14(2)20(23-25-21(27-30-23)16-10-5-4-6-11-16)24-22(28)18-13-19(29-26-18)17-12-8-7-9-15(17)3/h4-14,20H,1-3H3,(H,24,28). The topological polar surface area (TPSA) is 94.1 Å². The van der Waals surface area contributed by atoms with E-state index in [0.29, 0.717) is 17.5 Å². The zero-order valence-electron chi connectivity index (χ0n) is 17.0. The van der Waals surface area contributed by atoms with Gasteiger partial charge in [0.05, 0.1) is 0 Å². The van der Waals surface area contributed by atoms with Crippen molar-refractivity contribution in [2.24, 2.45) is 5.92 Å². The molecule has 1 amide bonds. The van der Waals surface area contributed by atoms with Crippen LogP contribution in [0.3, 0.4) is 0 Å². The van der Waals surface area contributed by atoms with Gasteiger partial charge in [0.15, 0.2) is 11.5 Å². The van der Waals surface area contributed by atoms with Gasteiger partial charge in [0.2, 0.25) is 11.7 Å². The van der Waals surface area contributed by atoms with Gasteiger partial charge in [-0.15, -0.1) is 0 Å². The first-order valence-electron chi connectivity index (χ1n) is 9.75. The summed E-state index contributed by atoms with van der Waals surface area (Å²) in [6.45, 7) is 5.92. The lowest BCUT2D eigenvalue weighted by Crippen LogP contribution is -2.32. The molecule has 152 valence electrons. The number of carbonyl (C=O) groups excluding carboxylic acids is 1. The number of nitrogens with one attached hydrogen (secondary N) is 1. The third-order valence-corrected chi connectivity index (χ3v) is 4.85. The van der Waals surface area contributed by atoms with E-state index in [1.807, 2.05) is 75.4 Å². The molecule has 2 heterocycles. The second kappa shape index (κ2) is 8.32. The molecule has 2 aromatic heterocycles. The maximum atomic E-state index is 12.8. The van der Waals surface area contributed by atoms with Gasteiger partial charge in [0, 0.05) is 17.2 Å². The van der Waals surface area contributed by atoms with Crippen LogP contribution >= 0.6 is 0 Å². The van der Waals surface area contributed by atoms with Crippen molar-refractivity contribution in [3.63, 3.8) is 0 Å². The van der Waals surface area contributed by atoms with Gasteiger partial charge in [-0.1, -0.05) is 78.8 Å². The minimum Gasteiger partial charge on any atom is -0.355 e. The molecule has 0 aliphatic heterocycles. The highest BCUT2D eigenvalue weighted by atomic mass is 16.5. The summed E-state index contributed by atoms with van der Waals surface area (Å²) >= 11 is 0. The summed E-state index contributed by atoms with van der Waals surface area (Å²) in [4.78, 5) is 17.3. The Morgan fingerprint density at radius 1 is 0.967 bits per heavy atom. The van der Waals surface area contributed by atoms with Gasteiger partial charge in [-0.3, -0.25) is 4.79 Å². The number of hydrogen-bond donors (Lipinski definition) is 1. The SMILES string of the molecule is Cc1ccccc1-c1cc(C(=O)NC(c2nc(-c3ccccc3)no2)C(C)C)no1. The summed E-state index contributed by atoms with van der Waals surface area (Å²) < 4.78 is 10.8. The van der Waals surface area contributed by atoms with E-state index in [-0.39, 0.29) is 17.5 Å². The van der Waals surface area contributed by atoms with Crippen LogP contribution < -0.4 is 5.32 Å². The lowest BCUT2D eigenvalue weighted by molar-refractivity contribution is 0.0904. The van der Waals surface area contributed by atoms with Crippen LogP contribution in [0.1, 0.15) is 41.8 Å². The van der Waals surface area contributed by atoms with Gasteiger partial charge in [0.1, 0.15) is 6.04 Å². The van der Waals surface area contributed by atoms with Crippen LogP contribution in [0.4, 0.5) is 0 Å². The molecule has 1 N–H and O–H groups in total. The Hall–Kier alpha value is -3.74. The summed E-state index contributed by atoms with van der Waals surface area (Å²) in [5, 5.41) is 10.9. The highest BCUT2D eigenvalue weighted by Gasteiger charge is 2.27. The zero-order chi connectivity index (χ0) is 21.1. The number of rotatable bonds is 6. The van der Waals surface area contributed by atoms with Crippen LogP contribution in [0.25, 0.3) is 22.7 Å². The lowest BCUT2D eigenvalue weighted by Gasteiger charge is -2.17. The predicted octanol–water partition coefficient (Wildman–Crippen LogP) is 4.83. The highest BCUT2D eigenvalue weighted by Crippen LogP contribution is 2.26. The van der Waals surface area contributed by atoms with E-state index in [9.17, 15) is 4.79 Å². The molecular weight excluding hydrogens is 380 g/mol.